The van der Waals surface area contributed by atoms with Crippen molar-refractivity contribution >= 4 is 12.7 Å². The molecule has 0 aromatic heterocycles. The summed E-state index contributed by atoms with van der Waals surface area (Å²) in [6, 6.07) is 9.54. The summed E-state index contributed by atoms with van der Waals surface area (Å²) in [5, 5.41) is 0.834. The van der Waals surface area contributed by atoms with Gasteiger partial charge in [0, 0.05) is 12.0 Å². The highest BCUT2D eigenvalue weighted by Crippen LogP contribution is 2.44. The quantitative estimate of drug-likeness (QED) is 0.752. The third-order valence-corrected chi connectivity index (χ3v) is 5.06. The molecule has 3 heteroatoms. The van der Waals surface area contributed by atoms with Gasteiger partial charge in [0.25, 0.3) is 0 Å². The number of hydrogen-bond acceptors (Lipinski definition) is 2. The highest BCUT2D eigenvalue weighted by atomic mass is 31.2. The fraction of sp³-hybridized carbons (Fsp3) is 0.538. The molecule has 0 amide bonds. The van der Waals surface area contributed by atoms with Gasteiger partial charge in [0.2, 0.25) is 7.37 Å². The second-order valence-corrected chi connectivity index (χ2v) is 6.97. The second kappa shape index (κ2) is 5.16. The molecule has 2 rings (SSSR count). The van der Waals surface area contributed by atoms with Gasteiger partial charge in [-0.15, -0.1) is 0 Å². The van der Waals surface area contributed by atoms with Crippen LogP contribution < -0.4 is 5.30 Å². The molecular formula is C13H19O2P. The van der Waals surface area contributed by atoms with E-state index >= 15 is 0 Å². The first-order valence-corrected chi connectivity index (χ1v) is 8.07. The largest absolute Gasteiger partial charge is 0.322 e. The lowest BCUT2D eigenvalue weighted by Gasteiger charge is -2.25. The lowest BCUT2D eigenvalue weighted by atomic mass is 9.98. The highest BCUT2D eigenvalue weighted by Gasteiger charge is 2.25. The van der Waals surface area contributed by atoms with E-state index in [-0.39, 0.29) is 6.10 Å². The van der Waals surface area contributed by atoms with E-state index in [4.69, 9.17) is 4.52 Å². The summed E-state index contributed by atoms with van der Waals surface area (Å²) in [5.41, 5.74) is 0. The van der Waals surface area contributed by atoms with E-state index in [1.54, 1.807) is 6.66 Å². The van der Waals surface area contributed by atoms with Gasteiger partial charge in [0.15, 0.2) is 0 Å². The first-order chi connectivity index (χ1) is 7.68. The molecule has 0 aliphatic heterocycles. The van der Waals surface area contributed by atoms with Crippen molar-refractivity contribution in [3.63, 3.8) is 0 Å². The Morgan fingerprint density at radius 2 is 1.75 bits per heavy atom. The molecule has 1 aromatic carbocycles. The van der Waals surface area contributed by atoms with E-state index in [0.29, 0.717) is 0 Å². The fourth-order valence-electron chi connectivity index (χ4n) is 2.21. The molecule has 16 heavy (non-hydrogen) atoms. The van der Waals surface area contributed by atoms with E-state index in [1.807, 2.05) is 30.3 Å². The summed E-state index contributed by atoms with van der Waals surface area (Å²) in [5.74, 6) is 0. The van der Waals surface area contributed by atoms with Gasteiger partial charge >= 0.3 is 0 Å². The minimum absolute atomic E-state index is 0.199. The molecule has 88 valence electrons. The van der Waals surface area contributed by atoms with Crippen LogP contribution in [0.3, 0.4) is 0 Å². The van der Waals surface area contributed by atoms with Crippen molar-refractivity contribution in [1.29, 1.82) is 0 Å². The number of rotatable bonds is 3. The smallest absolute Gasteiger partial charge is 0.229 e. The third-order valence-electron chi connectivity index (χ3n) is 3.13. The lowest BCUT2D eigenvalue weighted by molar-refractivity contribution is 0.162. The minimum Gasteiger partial charge on any atom is -0.322 e. The van der Waals surface area contributed by atoms with Crippen LogP contribution in [-0.4, -0.2) is 12.8 Å². The minimum atomic E-state index is -2.61. The van der Waals surface area contributed by atoms with Crippen LogP contribution in [0.5, 0.6) is 0 Å². The SMILES string of the molecule is CP(=O)(OC1CCCCC1)c1ccccc1. The molecule has 0 saturated heterocycles. The Hall–Kier alpha value is -0.590. The standard InChI is InChI=1S/C13H19O2P/c1-16(14,13-10-6-3-7-11-13)15-12-8-4-2-5-9-12/h3,6-7,10-12H,2,4-5,8-9H2,1H3. The van der Waals surface area contributed by atoms with Crippen molar-refractivity contribution in [3.05, 3.63) is 30.3 Å². The van der Waals surface area contributed by atoms with Crippen LogP contribution in [0.2, 0.25) is 0 Å². The molecule has 1 saturated carbocycles. The monoisotopic (exact) mass is 238 g/mol. The van der Waals surface area contributed by atoms with Gasteiger partial charge in [-0.3, -0.25) is 4.57 Å². The fourth-order valence-corrected chi connectivity index (χ4v) is 3.83. The van der Waals surface area contributed by atoms with Crippen LogP contribution >= 0.6 is 7.37 Å². The van der Waals surface area contributed by atoms with E-state index < -0.39 is 7.37 Å². The predicted octanol–water partition coefficient (Wildman–Crippen LogP) is 3.57. The van der Waals surface area contributed by atoms with Gasteiger partial charge in [-0.2, -0.15) is 0 Å². The zero-order valence-electron chi connectivity index (χ0n) is 9.76. The molecule has 1 fully saturated rings. The van der Waals surface area contributed by atoms with Crippen LogP contribution in [0, 0.1) is 0 Å². The van der Waals surface area contributed by atoms with Gasteiger partial charge in [0.05, 0.1) is 6.10 Å². The predicted molar refractivity (Wildman–Crippen MR) is 67.6 cm³/mol. The summed E-state index contributed by atoms with van der Waals surface area (Å²) in [7, 11) is -2.61. The Labute approximate surface area is 97.5 Å². The average molecular weight is 238 g/mol. The highest BCUT2D eigenvalue weighted by molar-refractivity contribution is 7.66. The summed E-state index contributed by atoms with van der Waals surface area (Å²) in [6.45, 7) is 1.73. The zero-order valence-corrected chi connectivity index (χ0v) is 10.7. The maximum absolute atomic E-state index is 12.5. The molecule has 0 N–H and O–H groups in total. The van der Waals surface area contributed by atoms with Crippen molar-refractivity contribution in [2.24, 2.45) is 0 Å². The Kier molecular flexibility index (Phi) is 3.83. The lowest BCUT2D eigenvalue weighted by Crippen LogP contribution is -2.18. The third kappa shape index (κ3) is 2.96. The van der Waals surface area contributed by atoms with Crippen molar-refractivity contribution in [2.45, 2.75) is 38.2 Å². The molecule has 0 bridgehead atoms. The molecule has 0 spiro atoms. The van der Waals surface area contributed by atoms with Crippen LogP contribution in [0.1, 0.15) is 32.1 Å². The van der Waals surface area contributed by atoms with E-state index in [1.165, 1.54) is 19.3 Å². The van der Waals surface area contributed by atoms with E-state index in [9.17, 15) is 4.57 Å². The topological polar surface area (TPSA) is 26.3 Å². The van der Waals surface area contributed by atoms with Crippen LogP contribution in [0.15, 0.2) is 30.3 Å². The van der Waals surface area contributed by atoms with Gasteiger partial charge < -0.3 is 4.52 Å². The van der Waals surface area contributed by atoms with Gasteiger partial charge in [-0.1, -0.05) is 37.5 Å². The van der Waals surface area contributed by atoms with E-state index in [0.717, 1.165) is 18.1 Å². The molecule has 1 unspecified atom stereocenters. The van der Waals surface area contributed by atoms with Crippen molar-refractivity contribution in [3.8, 4) is 0 Å². The molecule has 1 aromatic rings. The molecule has 2 nitrogen and oxygen atoms in total. The second-order valence-electron chi connectivity index (χ2n) is 4.55. The number of hydrogen-bond donors (Lipinski definition) is 0. The maximum Gasteiger partial charge on any atom is 0.229 e. The Morgan fingerprint density at radius 3 is 2.38 bits per heavy atom. The number of benzene rings is 1. The first-order valence-electron chi connectivity index (χ1n) is 6.00. The summed E-state index contributed by atoms with van der Waals surface area (Å²) >= 11 is 0. The normalized spacial score (nSPS) is 21.6. The Morgan fingerprint density at radius 1 is 1.12 bits per heavy atom. The molecule has 0 heterocycles. The first kappa shape index (κ1) is 11.9. The average Bonchev–Trinajstić information content (AvgIpc) is 2.31. The molecule has 1 aliphatic rings. The van der Waals surface area contributed by atoms with Gasteiger partial charge in [0.1, 0.15) is 0 Å². The summed E-state index contributed by atoms with van der Waals surface area (Å²) < 4.78 is 18.3. The summed E-state index contributed by atoms with van der Waals surface area (Å²) in [4.78, 5) is 0. The van der Waals surface area contributed by atoms with Gasteiger partial charge in [-0.25, -0.2) is 0 Å². The van der Waals surface area contributed by atoms with E-state index in [2.05, 4.69) is 0 Å². The molecule has 0 radical (unpaired) electrons. The van der Waals surface area contributed by atoms with Crippen LogP contribution in [0.25, 0.3) is 0 Å². The van der Waals surface area contributed by atoms with Gasteiger partial charge in [-0.05, 0) is 25.0 Å². The maximum atomic E-state index is 12.5. The van der Waals surface area contributed by atoms with Crippen molar-refractivity contribution in [2.75, 3.05) is 6.66 Å². The van der Waals surface area contributed by atoms with Crippen LogP contribution in [-0.2, 0) is 9.09 Å². The van der Waals surface area contributed by atoms with Crippen molar-refractivity contribution < 1.29 is 9.09 Å². The molecule has 1 aliphatic carbocycles. The molecule has 1 atom stereocenters. The zero-order chi connectivity index (χ0) is 11.4. The summed E-state index contributed by atoms with van der Waals surface area (Å²) in [6.07, 6.45) is 6.03. The Balaban J connectivity index is 2.05. The Bertz CT molecular complexity index is 369. The molecular weight excluding hydrogens is 219 g/mol. The van der Waals surface area contributed by atoms with Crippen molar-refractivity contribution in [1.82, 2.24) is 0 Å². The van der Waals surface area contributed by atoms with Crippen LogP contribution in [0.4, 0.5) is 0 Å².